The van der Waals surface area contributed by atoms with Crippen LogP contribution in [0.5, 0.6) is 0 Å². The average molecular weight is 159 g/mol. The Hall–Kier alpha value is -0.120. The van der Waals surface area contributed by atoms with E-state index in [0.717, 1.165) is 26.2 Å². The fourth-order valence-electron chi connectivity index (χ4n) is 1.05. The van der Waals surface area contributed by atoms with Crippen molar-refractivity contribution in [3.63, 3.8) is 0 Å². The molecular weight excluding hydrogens is 138 g/mol. The molecule has 11 heavy (non-hydrogen) atoms. The molecule has 0 aliphatic carbocycles. The Balaban J connectivity index is 3.51. The van der Waals surface area contributed by atoms with Gasteiger partial charge in [-0.1, -0.05) is 0 Å². The SMILES string of the molecule is CNCCN(CCN)C(C)C. The summed E-state index contributed by atoms with van der Waals surface area (Å²) in [5.41, 5.74) is 5.48. The maximum atomic E-state index is 5.48. The topological polar surface area (TPSA) is 41.3 Å². The normalized spacial score (nSPS) is 11.5. The highest BCUT2D eigenvalue weighted by Gasteiger charge is 2.05. The summed E-state index contributed by atoms with van der Waals surface area (Å²) >= 11 is 0. The van der Waals surface area contributed by atoms with Gasteiger partial charge in [-0.3, -0.25) is 4.90 Å². The van der Waals surface area contributed by atoms with Crippen LogP contribution < -0.4 is 11.1 Å². The predicted octanol–water partition coefficient (Wildman–Crippen LogP) is -0.125. The Labute approximate surface area is 69.9 Å². The first-order valence-electron chi connectivity index (χ1n) is 4.31. The minimum Gasteiger partial charge on any atom is -0.329 e. The third kappa shape index (κ3) is 5.18. The highest BCUT2D eigenvalue weighted by atomic mass is 15.2. The lowest BCUT2D eigenvalue weighted by Crippen LogP contribution is -2.39. The molecule has 3 heteroatoms. The van der Waals surface area contributed by atoms with Crippen molar-refractivity contribution >= 4 is 0 Å². The Morgan fingerprint density at radius 1 is 1.36 bits per heavy atom. The van der Waals surface area contributed by atoms with Crippen molar-refractivity contribution in [2.45, 2.75) is 19.9 Å². The van der Waals surface area contributed by atoms with Crippen LogP contribution in [0.2, 0.25) is 0 Å². The molecule has 0 amide bonds. The van der Waals surface area contributed by atoms with E-state index in [1.807, 2.05) is 7.05 Å². The molecule has 0 spiro atoms. The van der Waals surface area contributed by atoms with E-state index in [2.05, 4.69) is 24.1 Å². The number of hydrogen-bond donors (Lipinski definition) is 2. The van der Waals surface area contributed by atoms with Crippen LogP contribution >= 0.6 is 0 Å². The van der Waals surface area contributed by atoms with Crippen LogP contribution in [0.25, 0.3) is 0 Å². The molecule has 0 fully saturated rings. The highest BCUT2D eigenvalue weighted by Crippen LogP contribution is 1.94. The van der Waals surface area contributed by atoms with Crippen LogP contribution in [0.15, 0.2) is 0 Å². The van der Waals surface area contributed by atoms with Gasteiger partial charge in [0.05, 0.1) is 0 Å². The summed E-state index contributed by atoms with van der Waals surface area (Å²) in [7, 11) is 1.97. The van der Waals surface area contributed by atoms with Gasteiger partial charge < -0.3 is 11.1 Å². The summed E-state index contributed by atoms with van der Waals surface area (Å²) in [6, 6.07) is 0.604. The molecule has 0 radical (unpaired) electrons. The molecule has 0 rings (SSSR count). The van der Waals surface area contributed by atoms with Crippen molar-refractivity contribution < 1.29 is 0 Å². The molecular formula is C8H21N3. The predicted molar refractivity (Wildman–Crippen MR) is 49.7 cm³/mol. The van der Waals surface area contributed by atoms with Crippen molar-refractivity contribution in [1.29, 1.82) is 0 Å². The number of nitrogens with zero attached hydrogens (tertiary/aromatic N) is 1. The molecule has 0 unspecified atom stereocenters. The zero-order chi connectivity index (χ0) is 8.69. The Kier molecular flexibility index (Phi) is 6.51. The maximum Gasteiger partial charge on any atom is 0.0110 e. The van der Waals surface area contributed by atoms with Crippen molar-refractivity contribution in [3.05, 3.63) is 0 Å². The van der Waals surface area contributed by atoms with E-state index >= 15 is 0 Å². The molecule has 68 valence electrons. The lowest BCUT2D eigenvalue weighted by atomic mass is 10.3. The third-order valence-electron chi connectivity index (χ3n) is 1.80. The summed E-state index contributed by atoms with van der Waals surface area (Å²) in [5.74, 6) is 0. The van der Waals surface area contributed by atoms with Crippen LogP contribution in [0.1, 0.15) is 13.8 Å². The molecule has 3 nitrogen and oxygen atoms in total. The lowest BCUT2D eigenvalue weighted by Gasteiger charge is -2.25. The van der Waals surface area contributed by atoms with Gasteiger partial charge in [0, 0.05) is 32.2 Å². The smallest absolute Gasteiger partial charge is 0.0110 e. The molecule has 0 aliphatic heterocycles. The standard InChI is InChI=1S/C8H21N3/c1-8(2)11(6-4-9)7-5-10-3/h8,10H,4-7,9H2,1-3H3. The second-order valence-corrected chi connectivity index (χ2v) is 3.02. The number of rotatable bonds is 6. The quantitative estimate of drug-likeness (QED) is 0.567. The van der Waals surface area contributed by atoms with E-state index in [0.29, 0.717) is 6.04 Å². The number of nitrogens with two attached hydrogens (primary N) is 1. The first-order chi connectivity index (χ1) is 5.22. The van der Waals surface area contributed by atoms with Gasteiger partial charge >= 0.3 is 0 Å². The highest BCUT2D eigenvalue weighted by molar-refractivity contribution is 4.63. The molecule has 0 heterocycles. The number of nitrogens with one attached hydrogen (secondary N) is 1. The maximum absolute atomic E-state index is 5.48. The number of likely N-dealkylation sites (N-methyl/N-ethyl adjacent to an activating group) is 1. The van der Waals surface area contributed by atoms with Crippen molar-refractivity contribution in [2.24, 2.45) is 5.73 Å². The first kappa shape index (κ1) is 10.9. The molecule has 0 aromatic heterocycles. The fraction of sp³-hybridized carbons (Fsp3) is 1.00. The molecule has 0 aromatic rings. The Morgan fingerprint density at radius 3 is 2.36 bits per heavy atom. The van der Waals surface area contributed by atoms with E-state index in [1.165, 1.54) is 0 Å². The van der Waals surface area contributed by atoms with E-state index in [4.69, 9.17) is 5.73 Å². The summed E-state index contributed by atoms with van der Waals surface area (Å²) < 4.78 is 0. The van der Waals surface area contributed by atoms with Crippen molar-refractivity contribution in [1.82, 2.24) is 10.2 Å². The zero-order valence-electron chi connectivity index (χ0n) is 7.93. The van der Waals surface area contributed by atoms with Crippen LogP contribution in [-0.2, 0) is 0 Å². The minimum absolute atomic E-state index is 0.604. The van der Waals surface area contributed by atoms with Crippen LogP contribution in [0, 0.1) is 0 Å². The van der Waals surface area contributed by atoms with Gasteiger partial charge in [0.1, 0.15) is 0 Å². The van der Waals surface area contributed by atoms with E-state index in [-0.39, 0.29) is 0 Å². The summed E-state index contributed by atoms with van der Waals surface area (Å²) in [6.45, 7) is 8.28. The first-order valence-corrected chi connectivity index (χ1v) is 4.31. The van der Waals surface area contributed by atoms with Gasteiger partial charge in [0.25, 0.3) is 0 Å². The van der Waals surface area contributed by atoms with Gasteiger partial charge in [0.2, 0.25) is 0 Å². The minimum atomic E-state index is 0.604. The molecule has 0 atom stereocenters. The van der Waals surface area contributed by atoms with E-state index in [9.17, 15) is 0 Å². The van der Waals surface area contributed by atoms with E-state index in [1.54, 1.807) is 0 Å². The Morgan fingerprint density at radius 2 is 2.00 bits per heavy atom. The summed E-state index contributed by atoms with van der Waals surface area (Å²) in [5, 5.41) is 3.13. The monoisotopic (exact) mass is 159 g/mol. The Bertz CT molecular complexity index is 83.4. The number of hydrogen-bond acceptors (Lipinski definition) is 3. The third-order valence-corrected chi connectivity index (χ3v) is 1.80. The molecule has 0 aliphatic rings. The zero-order valence-corrected chi connectivity index (χ0v) is 7.93. The van der Waals surface area contributed by atoms with Gasteiger partial charge in [-0.05, 0) is 20.9 Å². The summed E-state index contributed by atoms with van der Waals surface area (Å²) in [6.07, 6.45) is 0. The fourth-order valence-corrected chi connectivity index (χ4v) is 1.05. The van der Waals surface area contributed by atoms with Gasteiger partial charge in [-0.2, -0.15) is 0 Å². The lowest BCUT2D eigenvalue weighted by molar-refractivity contribution is 0.230. The van der Waals surface area contributed by atoms with Crippen LogP contribution in [-0.4, -0.2) is 44.2 Å². The second-order valence-electron chi connectivity index (χ2n) is 3.02. The van der Waals surface area contributed by atoms with Gasteiger partial charge in [-0.25, -0.2) is 0 Å². The summed E-state index contributed by atoms with van der Waals surface area (Å²) in [4.78, 5) is 2.37. The largest absolute Gasteiger partial charge is 0.329 e. The average Bonchev–Trinajstić information content (AvgIpc) is 1.97. The van der Waals surface area contributed by atoms with Crippen molar-refractivity contribution in [3.8, 4) is 0 Å². The van der Waals surface area contributed by atoms with Gasteiger partial charge in [0.15, 0.2) is 0 Å². The van der Waals surface area contributed by atoms with Gasteiger partial charge in [-0.15, -0.1) is 0 Å². The van der Waals surface area contributed by atoms with Crippen LogP contribution in [0.3, 0.4) is 0 Å². The molecule has 0 aromatic carbocycles. The molecule has 0 saturated heterocycles. The second kappa shape index (κ2) is 6.58. The van der Waals surface area contributed by atoms with E-state index < -0.39 is 0 Å². The molecule has 0 bridgehead atoms. The molecule has 0 saturated carbocycles. The van der Waals surface area contributed by atoms with Crippen LogP contribution in [0.4, 0.5) is 0 Å². The van der Waals surface area contributed by atoms with Crippen molar-refractivity contribution in [2.75, 3.05) is 33.2 Å². The molecule has 3 N–H and O–H groups in total.